The molecule has 0 spiro atoms. The number of halogens is 5. The summed E-state index contributed by atoms with van der Waals surface area (Å²) in [6.07, 6.45) is -1.47. The number of alkyl halides is 5. The Morgan fingerprint density at radius 3 is 2.23 bits per heavy atom. The predicted octanol–water partition coefficient (Wildman–Crippen LogP) is 7.88. The first-order chi connectivity index (χ1) is 22.8. The highest BCUT2D eigenvalue weighted by atomic mass is 19.4. The molecule has 4 aliphatic carbocycles. The molecular formula is C39H45F5N2O2. The van der Waals surface area contributed by atoms with Crippen molar-refractivity contribution in [3.8, 4) is 0 Å². The lowest BCUT2D eigenvalue weighted by atomic mass is 9.50. The van der Waals surface area contributed by atoms with Crippen molar-refractivity contribution in [1.29, 1.82) is 0 Å². The molecule has 0 aromatic heterocycles. The monoisotopic (exact) mass is 668 g/mol. The standard InChI is InChI=1S/C39H45F5N2O2/c1-36-24-33(28-9-7-27(8-10-28)25-46-21-19-45(20-22-46)18-16-26-5-3-2-4-6-26)35-31-14-12-30(47)23-29(31)11-13-32(35)34(36)15-17-37(36,48)38(40,41)39(42,43)44/h2-10,23,32-34,48H,11-22,24-25H2,1H3/t32?,33-,34?,36+,37+/m1/s1. The van der Waals surface area contributed by atoms with Crippen LogP contribution in [0.4, 0.5) is 22.0 Å². The minimum Gasteiger partial charge on any atom is -0.383 e. The van der Waals surface area contributed by atoms with Gasteiger partial charge in [-0.05, 0) is 90.7 Å². The van der Waals surface area contributed by atoms with Crippen LogP contribution in [-0.4, -0.2) is 71.1 Å². The average molecular weight is 669 g/mol. The maximum absolute atomic E-state index is 15.3. The number of hydrogen-bond donors (Lipinski definition) is 1. The SMILES string of the molecule is C[C@]12C[C@H](c3ccc(CN4CCN(CCc5ccccc5)CC4)cc3)C3=C4CCC(=O)C=C4CCC3C1CC[C@@]2(O)C(F)(F)C(F)(F)F. The fraction of sp³-hybridized carbons (Fsp3) is 0.564. The number of benzene rings is 2. The lowest BCUT2D eigenvalue weighted by Gasteiger charge is -2.56. The molecule has 2 aromatic carbocycles. The minimum atomic E-state index is -5.85. The second kappa shape index (κ2) is 12.5. The topological polar surface area (TPSA) is 43.8 Å². The van der Waals surface area contributed by atoms with Crippen LogP contribution in [0.25, 0.3) is 0 Å². The van der Waals surface area contributed by atoms with Gasteiger partial charge in [-0.3, -0.25) is 9.69 Å². The van der Waals surface area contributed by atoms with Gasteiger partial charge < -0.3 is 10.0 Å². The van der Waals surface area contributed by atoms with E-state index in [0.29, 0.717) is 25.7 Å². The fourth-order valence-corrected chi connectivity index (χ4v) is 9.93. The van der Waals surface area contributed by atoms with Crippen molar-refractivity contribution >= 4 is 5.78 Å². The van der Waals surface area contributed by atoms with Crippen LogP contribution in [0.2, 0.25) is 0 Å². The Morgan fingerprint density at radius 2 is 1.54 bits per heavy atom. The Kier molecular flexibility index (Phi) is 8.73. The number of fused-ring (bicyclic) bond motifs is 4. The number of ketones is 1. The zero-order valence-electron chi connectivity index (χ0n) is 27.5. The van der Waals surface area contributed by atoms with Crippen LogP contribution in [0.3, 0.4) is 0 Å². The molecule has 9 heteroatoms. The van der Waals surface area contributed by atoms with Crippen molar-refractivity contribution in [1.82, 2.24) is 9.80 Å². The highest BCUT2D eigenvalue weighted by Gasteiger charge is 2.79. The Bertz CT molecular complexity index is 1580. The summed E-state index contributed by atoms with van der Waals surface area (Å²) >= 11 is 0. The summed E-state index contributed by atoms with van der Waals surface area (Å²) < 4.78 is 72.2. The Labute approximate surface area is 279 Å². The van der Waals surface area contributed by atoms with Gasteiger partial charge in [-0.15, -0.1) is 0 Å². The first kappa shape index (κ1) is 33.6. The van der Waals surface area contributed by atoms with Crippen LogP contribution in [0.5, 0.6) is 0 Å². The van der Waals surface area contributed by atoms with E-state index in [1.54, 1.807) is 6.08 Å². The average Bonchev–Trinajstić information content (AvgIpc) is 3.35. The molecular weight excluding hydrogens is 623 g/mol. The van der Waals surface area contributed by atoms with Gasteiger partial charge in [0, 0.05) is 57.0 Å². The van der Waals surface area contributed by atoms with Crippen LogP contribution in [0, 0.1) is 17.3 Å². The maximum Gasteiger partial charge on any atom is 0.456 e. The zero-order chi connectivity index (χ0) is 33.9. The number of carbonyl (C=O) groups excluding carboxylic acids is 1. The molecule has 3 fully saturated rings. The summed E-state index contributed by atoms with van der Waals surface area (Å²) in [6.45, 7) is 7.18. The van der Waals surface area contributed by atoms with Crippen molar-refractivity contribution in [2.24, 2.45) is 17.3 Å². The lowest BCUT2D eigenvalue weighted by Crippen LogP contribution is -2.65. The molecule has 48 heavy (non-hydrogen) atoms. The number of nitrogens with zero attached hydrogens (tertiary/aromatic N) is 2. The molecule has 5 aliphatic rings. The second-order valence-electron chi connectivity index (χ2n) is 15.1. The van der Waals surface area contributed by atoms with E-state index in [9.17, 15) is 23.1 Å². The molecule has 2 saturated carbocycles. The zero-order valence-corrected chi connectivity index (χ0v) is 27.5. The number of rotatable bonds is 7. The molecule has 4 nitrogen and oxygen atoms in total. The van der Waals surface area contributed by atoms with Crippen LogP contribution in [-0.2, 0) is 17.8 Å². The number of allylic oxidation sites excluding steroid dienone is 4. The largest absolute Gasteiger partial charge is 0.456 e. The molecule has 258 valence electrons. The van der Waals surface area contributed by atoms with Crippen molar-refractivity contribution in [2.45, 2.75) is 88.5 Å². The molecule has 5 atom stereocenters. The summed E-state index contributed by atoms with van der Waals surface area (Å²) in [5.41, 5.74) is 1.67. The lowest BCUT2D eigenvalue weighted by molar-refractivity contribution is -0.362. The van der Waals surface area contributed by atoms with Gasteiger partial charge in [0.25, 0.3) is 0 Å². The third-order valence-corrected chi connectivity index (χ3v) is 12.6. The van der Waals surface area contributed by atoms with Gasteiger partial charge in [0.15, 0.2) is 5.78 Å². The van der Waals surface area contributed by atoms with E-state index in [2.05, 4.69) is 46.2 Å². The highest BCUT2D eigenvalue weighted by molar-refractivity contribution is 5.93. The molecule has 0 amide bonds. The van der Waals surface area contributed by atoms with Crippen molar-refractivity contribution in [3.05, 3.63) is 94.1 Å². The maximum atomic E-state index is 15.3. The van der Waals surface area contributed by atoms with E-state index >= 15 is 8.78 Å². The van der Waals surface area contributed by atoms with Gasteiger partial charge in [0.1, 0.15) is 5.60 Å². The second-order valence-corrected chi connectivity index (χ2v) is 15.1. The van der Waals surface area contributed by atoms with Gasteiger partial charge in [-0.1, -0.05) is 67.1 Å². The van der Waals surface area contributed by atoms with Crippen LogP contribution < -0.4 is 0 Å². The van der Waals surface area contributed by atoms with E-state index in [1.165, 1.54) is 12.5 Å². The molecule has 1 heterocycles. The third-order valence-electron chi connectivity index (χ3n) is 12.6. The number of hydrogen-bond acceptors (Lipinski definition) is 4. The highest BCUT2D eigenvalue weighted by Crippen LogP contribution is 2.70. The first-order valence-corrected chi connectivity index (χ1v) is 17.5. The van der Waals surface area contributed by atoms with Crippen LogP contribution in [0.15, 0.2) is 77.4 Å². The normalized spacial score (nSPS) is 31.7. The molecule has 1 N–H and O–H groups in total. The van der Waals surface area contributed by atoms with Gasteiger partial charge in [-0.2, -0.15) is 22.0 Å². The molecule has 2 unspecified atom stereocenters. The quantitative estimate of drug-likeness (QED) is 0.305. The molecule has 1 aliphatic heterocycles. The Hall–Kier alpha value is -2.88. The van der Waals surface area contributed by atoms with E-state index in [1.807, 2.05) is 18.2 Å². The number of aliphatic hydroxyl groups is 1. The van der Waals surface area contributed by atoms with Crippen LogP contribution in [0.1, 0.15) is 74.5 Å². The molecule has 7 rings (SSSR count). The third kappa shape index (κ3) is 5.67. The van der Waals surface area contributed by atoms with Gasteiger partial charge >= 0.3 is 12.1 Å². The summed E-state index contributed by atoms with van der Waals surface area (Å²) in [5, 5.41) is 11.5. The first-order valence-electron chi connectivity index (χ1n) is 17.5. The van der Waals surface area contributed by atoms with Crippen molar-refractivity contribution in [2.75, 3.05) is 32.7 Å². The van der Waals surface area contributed by atoms with Gasteiger partial charge in [-0.25, -0.2) is 0 Å². The molecule has 1 saturated heterocycles. The summed E-state index contributed by atoms with van der Waals surface area (Å²) in [5.74, 6) is -6.29. The Balaban J connectivity index is 1.12. The van der Waals surface area contributed by atoms with E-state index in [4.69, 9.17) is 0 Å². The van der Waals surface area contributed by atoms with Crippen molar-refractivity contribution < 1.29 is 31.9 Å². The summed E-state index contributed by atoms with van der Waals surface area (Å²) in [6, 6.07) is 18.6. The molecule has 0 bridgehead atoms. The smallest absolute Gasteiger partial charge is 0.383 e. The van der Waals surface area contributed by atoms with Crippen molar-refractivity contribution in [3.63, 3.8) is 0 Å². The van der Waals surface area contributed by atoms with E-state index in [0.717, 1.165) is 73.5 Å². The number of carbonyl (C=O) groups is 1. The summed E-state index contributed by atoms with van der Waals surface area (Å²) in [7, 11) is 0. The van der Waals surface area contributed by atoms with E-state index in [-0.39, 0.29) is 24.5 Å². The Morgan fingerprint density at radius 1 is 0.854 bits per heavy atom. The summed E-state index contributed by atoms with van der Waals surface area (Å²) in [4.78, 5) is 17.3. The molecule has 0 radical (unpaired) electrons. The van der Waals surface area contributed by atoms with Gasteiger partial charge in [0.2, 0.25) is 0 Å². The fourth-order valence-electron chi connectivity index (χ4n) is 9.93. The number of piperazine rings is 1. The minimum absolute atomic E-state index is 0.000679. The molecule has 2 aromatic rings. The predicted molar refractivity (Wildman–Crippen MR) is 175 cm³/mol. The van der Waals surface area contributed by atoms with Crippen LogP contribution >= 0.6 is 0 Å². The van der Waals surface area contributed by atoms with Gasteiger partial charge in [0.05, 0.1) is 0 Å². The van der Waals surface area contributed by atoms with E-state index < -0.39 is 41.4 Å².